The van der Waals surface area contributed by atoms with Gasteiger partial charge in [-0.05, 0) is 32.3 Å². The van der Waals surface area contributed by atoms with Gasteiger partial charge in [-0.15, -0.1) is 11.6 Å². The number of rotatable bonds is 3. The largest absolute Gasteiger partial charge is 0.240 e. The molecule has 2 nitrogen and oxygen atoms in total. The summed E-state index contributed by atoms with van der Waals surface area (Å²) in [5.41, 5.74) is 3.38. The molecule has 0 bridgehead atoms. The summed E-state index contributed by atoms with van der Waals surface area (Å²) in [5, 5.41) is -0.0408. The maximum Gasteiger partial charge on any atom is 0.139 e. The van der Waals surface area contributed by atoms with E-state index < -0.39 is 0 Å². The number of hydrogen-bond donors (Lipinski definition) is 0. The zero-order valence-corrected chi connectivity index (χ0v) is 12.0. The Morgan fingerprint density at radius 1 is 1.21 bits per heavy atom. The molecule has 98 valence electrons. The van der Waals surface area contributed by atoms with Crippen LogP contribution in [0.3, 0.4) is 0 Å². The molecule has 1 aromatic heterocycles. The molecule has 0 amide bonds. The van der Waals surface area contributed by atoms with E-state index in [1.54, 1.807) is 0 Å². The van der Waals surface area contributed by atoms with Gasteiger partial charge in [-0.1, -0.05) is 30.3 Å². The quantitative estimate of drug-likeness (QED) is 0.784. The van der Waals surface area contributed by atoms with Crippen molar-refractivity contribution in [2.75, 3.05) is 0 Å². The number of aryl methyl sites for hydroxylation is 1. The zero-order chi connectivity index (χ0) is 13.5. The van der Waals surface area contributed by atoms with Gasteiger partial charge < -0.3 is 0 Å². The van der Waals surface area contributed by atoms with Gasteiger partial charge in [-0.2, -0.15) is 0 Å². The van der Waals surface area contributed by atoms with Crippen LogP contribution in [0.15, 0.2) is 36.5 Å². The number of halogens is 1. The third-order valence-electron chi connectivity index (χ3n) is 3.95. The highest BCUT2D eigenvalue weighted by molar-refractivity contribution is 6.20. The van der Waals surface area contributed by atoms with Crippen LogP contribution in [0, 0.1) is 6.92 Å². The Bertz CT molecular complexity index is 589. The Kier molecular flexibility index (Phi) is 3.06. The average molecular weight is 273 g/mol. The third-order valence-corrected chi connectivity index (χ3v) is 4.19. The maximum atomic E-state index is 6.13. The van der Waals surface area contributed by atoms with Gasteiger partial charge in [0.15, 0.2) is 0 Å². The molecule has 1 saturated carbocycles. The molecule has 0 radical (unpaired) electrons. The van der Waals surface area contributed by atoms with E-state index >= 15 is 0 Å². The molecule has 3 rings (SSSR count). The lowest BCUT2D eigenvalue weighted by Crippen LogP contribution is -2.14. The van der Waals surface area contributed by atoms with E-state index in [2.05, 4.69) is 29.2 Å². The van der Waals surface area contributed by atoms with Crippen molar-refractivity contribution < 1.29 is 0 Å². The molecule has 1 aliphatic carbocycles. The molecule has 0 spiro atoms. The SMILES string of the molecule is Cc1nc(C2(c3ccccc3)CC2)ncc1C(C)Cl. The molecular weight excluding hydrogens is 256 g/mol. The van der Waals surface area contributed by atoms with Crippen LogP contribution in [0.4, 0.5) is 0 Å². The molecule has 3 heteroatoms. The minimum Gasteiger partial charge on any atom is -0.240 e. The topological polar surface area (TPSA) is 25.8 Å². The van der Waals surface area contributed by atoms with Crippen molar-refractivity contribution in [2.45, 2.75) is 37.5 Å². The smallest absolute Gasteiger partial charge is 0.139 e. The van der Waals surface area contributed by atoms with Crippen LogP contribution in [0.25, 0.3) is 0 Å². The van der Waals surface area contributed by atoms with Gasteiger partial charge in [0.1, 0.15) is 5.82 Å². The summed E-state index contributed by atoms with van der Waals surface area (Å²) >= 11 is 6.13. The monoisotopic (exact) mass is 272 g/mol. The van der Waals surface area contributed by atoms with E-state index in [1.165, 1.54) is 5.56 Å². The highest BCUT2D eigenvalue weighted by atomic mass is 35.5. The van der Waals surface area contributed by atoms with Gasteiger partial charge in [0.05, 0.1) is 10.8 Å². The fourth-order valence-electron chi connectivity index (χ4n) is 2.62. The molecular formula is C16H17ClN2. The van der Waals surface area contributed by atoms with Gasteiger partial charge in [0, 0.05) is 17.5 Å². The molecule has 0 N–H and O–H groups in total. The summed E-state index contributed by atoms with van der Waals surface area (Å²) < 4.78 is 0. The van der Waals surface area contributed by atoms with Crippen LogP contribution in [0.1, 0.15) is 47.8 Å². The lowest BCUT2D eigenvalue weighted by molar-refractivity contribution is 0.739. The molecule has 1 unspecified atom stereocenters. The van der Waals surface area contributed by atoms with Crippen molar-refractivity contribution in [3.63, 3.8) is 0 Å². The van der Waals surface area contributed by atoms with Gasteiger partial charge in [0.25, 0.3) is 0 Å². The number of hydrogen-bond acceptors (Lipinski definition) is 2. The fraction of sp³-hybridized carbons (Fsp3) is 0.375. The second-order valence-corrected chi connectivity index (χ2v) is 5.95. The van der Waals surface area contributed by atoms with Crippen molar-refractivity contribution in [3.8, 4) is 0 Å². The summed E-state index contributed by atoms with van der Waals surface area (Å²) in [6.07, 6.45) is 4.15. The molecule has 0 saturated heterocycles. The van der Waals surface area contributed by atoms with Gasteiger partial charge >= 0.3 is 0 Å². The first-order valence-electron chi connectivity index (χ1n) is 6.67. The summed E-state index contributed by atoms with van der Waals surface area (Å²) in [6.45, 7) is 3.97. The number of benzene rings is 1. The second kappa shape index (κ2) is 4.61. The van der Waals surface area contributed by atoms with Gasteiger partial charge in [-0.25, -0.2) is 9.97 Å². The van der Waals surface area contributed by atoms with Crippen LogP contribution in [-0.4, -0.2) is 9.97 Å². The fourth-order valence-corrected chi connectivity index (χ4v) is 2.84. The van der Waals surface area contributed by atoms with Crippen molar-refractivity contribution >= 4 is 11.6 Å². The first kappa shape index (κ1) is 12.6. The van der Waals surface area contributed by atoms with Gasteiger partial charge in [0.2, 0.25) is 0 Å². The lowest BCUT2D eigenvalue weighted by atomic mass is 9.95. The van der Waals surface area contributed by atoms with E-state index in [9.17, 15) is 0 Å². The maximum absolute atomic E-state index is 6.13. The Morgan fingerprint density at radius 3 is 2.42 bits per heavy atom. The summed E-state index contributed by atoms with van der Waals surface area (Å²) in [4.78, 5) is 9.29. The van der Waals surface area contributed by atoms with E-state index in [1.807, 2.05) is 26.1 Å². The van der Waals surface area contributed by atoms with Crippen molar-refractivity contribution in [1.82, 2.24) is 9.97 Å². The summed E-state index contributed by atoms with van der Waals surface area (Å²) in [6, 6.07) is 10.5. The first-order chi connectivity index (χ1) is 9.13. The molecule has 19 heavy (non-hydrogen) atoms. The van der Waals surface area contributed by atoms with E-state index in [0.717, 1.165) is 29.9 Å². The molecule has 1 heterocycles. The van der Waals surface area contributed by atoms with Crippen LogP contribution < -0.4 is 0 Å². The van der Waals surface area contributed by atoms with Crippen LogP contribution in [0.2, 0.25) is 0 Å². The second-order valence-electron chi connectivity index (χ2n) is 5.30. The standard InChI is InChI=1S/C16H17ClN2/c1-11(17)14-10-18-15(19-12(14)2)16(8-9-16)13-6-4-3-5-7-13/h3-7,10-11H,8-9H2,1-2H3. The molecule has 1 aliphatic rings. The lowest BCUT2D eigenvalue weighted by Gasteiger charge is -2.16. The Morgan fingerprint density at radius 2 is 1.89 bits per heavy atom. The minimum atomic E-state index is -0.0408. The van der Waals surface area contributed by atoms with E-state index in [-0.39, 0.29) is 10.8 Å². The molecule has 0 aliphatic heterocycles. The van der Waals surface area contributed by atoms with Crippen LogP contribution in [-0.2, 0) is 5.41 Å². The zero-order valence-electron chi connectivity index (χ0n) is 11.2. The van der Waals surface area contributed by atoms with Crippen molar-refractivity contribution in [2.24, 2.45) is 0 Å². The molecule has 2 aromatic rings. The Balaban J connectivity index is 2.02. The number of alkyl halides is 1. The van der Waals surface area contributed by atoms with E-state index in [4.69, 9.17) is 16.6 Å². The summed E-state index contributed by atoms with van der Waals surface area (Å²) in [5.74, 6) is 0.942. The molecule has 1 aromatic carbocycles. The number of nitrogens with zero attached hydrogens (tertiary/aromatic N) is 2. The minimum absolute atomic E-state index is 0.0408. The van der Waals surface area contributed by atoms with E-state index in [0.29, 0.717) is 0 Å². The Hall–Kier alpha value is -1.41. The van der Waals surface area contributed by atoms with Crippen molar-refractivity contribution in [3.05, 3.63) is 59.2 Å². The number of aromatic nitrogens is 2. The molecule has 1 atom stereocenters. The van der Waals surface area contributed by atoms with Gasteiger partial charge in [-0.3, -0.25) is 0 Å². The summed E-state index contributed by atoms with van der Waals surface area (Å²) in [7, 11) is 0. The predicted octanol–water partition coefficient (Wildman–Crippen LogP) is 4.16. The average Bonchev–Trinajstić information content (AvgIpc) is 3.20. The predicted molar refractivity (Wildman–Crippen MR) is 77.5 cm³/mol. The van der Waals surface area contributed by atoms with Crippen molar-refractivity contribution in [1.29, 1.82) is 0 Å². The third kappa shape index (κ3) is 2.14. The molecule has 1 fully saturated rings. The highest BCUT2D eigenvalue weighted by Crippen LogP contribution is 2.52. The highest BCUT2D eigenvalue weighted by Gasteiger charge is 2.48. The van der Waals surface area contributed by atoms with Crippen LogP contribution in [0.5, 0.6) is 0 Å². The normalized spacial score (nSPS) is 18.1. The first-order valence-corrected chi connectivity index (χ1v) is 7.11. The Labute approximate surface area is 118 Å². The van der Waals surface area contributed by atoms with Crippen LogP contribution >= 0.6 is 11.6 Å².